The maximum absolute atomic E-state index is 13.5. The van der Waals surface area contributed by atoms with Crippen LogP contribution < -0.4 is 4.74 Å². The first kappa shape index (κ1) is 27.6. The number of imide groups is 1. The summed E-state index contributed by atoms with van der Waals surface area (Å²) in [7, 11) is 3.34. The number of carbonyl (C=O) groups excluding carboxylic acids is 2. The number of piperazine rings is 1. The van der Waals surface area contributed by atoms with Gasteiger partial charge in [-0.25, -0.2) is 0 Å². The van der Waals surface area contributed by atoms with E-state index in [0.717, 1.165) is 16.0 Å². The molecule has 0 radical (unpaired) electrons. The van der Waals surface area contributed by atoms with Crippen molar-refractivity contribution in [3.8, 4) is 34.8 Å². The number of methoxy groups -OCH3 is 1. The number of rotatable bonds is 3. The quantitative estimate of drug-likeness (QED) is 0.201. The number of phenolic OH excluding ortho intramolecular Hbond substituents is 4. The van der Waals surface area contributed by atoms with Crippen LogP contribution in [-0.2, 0) is 6.42 Å². The molecule has 4 aliphatic rings. The summed E-state index contributed by atoms with van der Waals surface area (Å²) in [5.74, 6) is -2.07. The van der Waals surface area contributed by atoms with E-state index in [9.17, 15) is 35.3 Å². The number of aryl methyl sites for hydroxylation is 1. The highest BCUT2D eigenvalue weighted by atomic mass is 16.5. The van der Waals surface area contributed by atoms with Crippen LogP contribution in [0.25, 0.3) is 6.08 Å². The Morgan fingerprint density at radius 2 is 1.64 bits per heavy atom. The Bertz CT molecular complexity index is 1860. The molecule has 1 saturated heterocycles. The van der Waals surface area contributed by atoms with Crippen molar-refractivity contribution >= 4 is 17.9 Å². The largest absolute Gasteiger partial charge is 0.507 e. The number of nitriles is 1. The zero-order valence-corrected chi connectivity index (χ0v) is 24.5. The number of nitrogens with zero attached hydrogens (tertiary/aromatic N) is 4. The van der Waals surface area contributed by atoms with E-state index in [1.54, 1.807) is 35.2 Å². The molecule has 3 aromatic carbocycles. The van der Waals surface area contributed by atoms with Gasteiger partial charge in [0.2, 0.25) is 0 Å². The van der Waals surface area contributed by atoms with E-state index < -0.39 is 41.4 Å². The normalized spacial score (nSPS) is 23.4. The molecule has 0 aromatic heterocycles. The number of likely N-dealkylation sites (N-methyl/N-ethyl adjacent to an activating group) is 1. The molecule has 2 amide bonds. The van der Waals surface area contributed by atoms with Crippen molar-refractivity contribution in [3.63, 3.8) is 0 Å². The van der Waals surface area contributed by atoms with Gasteiger partial charge in [-0.15, -0.1) is 0 Å². The van der Waals surface area contributed by atoms with Gasteiger partial charge in [0.05, 0.1) is 42.9 Å². The molecule has 3 aromatic rings. The summed E-state index contributed by atoms with van der Waals surface area (Å²) < 4.78 is 5.54. The van der Waals surface area contributed by atoms with E-state index in [1.165, 1.54) is 14.0 Å². The first-order valence-electron chi connectivity index (χ1n) is 14.2. The fourth-order valence-electron chi connectivity index (χ4n) is 7.62. The Morgan fingerprint density at radius 3 is 2.25 bits per heavy atom. The van der Waals surface area contributed by atoms with Gasteiger partial charge in [-0.05, 0) is 56.7 Å². The molecule has 4 atom stereocenters. The maximum Gasteiger partial charge on any atom is 0.261 e. The lowest BCUT2D eigenvalue weighted by Gasteiger charge is -2.57. The summed E-state index contributed by atoms with van der Waals surface area (Å²) in [6.07, 6.45) is 2.06. The molecule has 1 unspecified atom stereocenters. The van der Waals surface area contributed by atoms with E-state index in [0.29, 0.717) is 23.4 Å². The van der Waals surface area contributed by atoms with Crippen molar-refractivity contribution in [2.45, 2.75) is 44.4 Å². The molecule has 11 nitrogen and oxygen atoms in total. The molecular formula is C33H30N4O7. The highest BCUT2D eigenvalue weighted by Crippen LogP contribution is 2.58. The molecule has 0 spiro atoms. The van der Waals surface area contributed by atoms with Gasteiger partial charge in [0, 0.05) is 34.0 Å². The summed E-state index contributed by atoms with van der Waals surface area (Å²) in [6, 6.07) is 7.99. The number of amides is 2. The summed E-state index contributed by atoms with van der Waals surface area (Å²) >= 11 is 0. The predicted molar refractivity (Wildman–Crippen MR) is 157 cm³/mol. The molecular weight excluding hydrogens is 564 g/mol. The van der Waals surface area contributed by atoms with Gasteiger partial charge in [-0.2, -0.15) is 5.26 Å². The number of fused-ring (bicyclic) bond motifs is 8. The second-order valence-electron chi connectivity index (χ2n) is 11.8. The number of hydrogen-bond acceptors (Lipinski definition) is 10. The fraction of sp³-hybridized carbons (Fsp3) is 0.303. The van der Waals surface area contributed by atoms with Crippen LogP contribution in [0, 0.1) is 25.2 Å². The smallest absolute Gasteiger partial charge is 0.261 e. The Balaban J connectivity index is 1.48. The van der Waals surface area contributed by atoms with Crippen molar-refractivity contribution in [2.75, 3.05) is 20.7 Å². The summed E-state index contributed by atoms with van der Waals surface area (Å²) in [5.41, 5.74) is 3.54. The first-order valence-corrected chi connectivity index (χ1v) is 14.2. The average Bonchev–Trinajstić information content (AvgIpc) is 3.24. The average molecular weight is 595 g/mol. The highest BCUT2D eigenvalue weighted by molar-refractivity contribution is 6.21. The third-order valence-electron chi connectivity index (χ3n) is 9.71. The molecule has 1 fully saturated rings. The minimum Gasteiger partial charge on any atom is -0.507 e. The minimum absolute atomic E-state index is 0.0364. The van der Waals surface area contributed by atoms with Crippen molar-refractivity contribution in [3.05, 3.63) is 80.5 Å². The molecule has 7 rings (SSSR count). The topological polar surface area (TPSA) is 158 Å². The second kappa shape index (κ2) is 9.39. The van der Waals surface area contributed by atoms with Gasteiger partial charge in [0.25, 0.3) is 11.8 Å². The van der Waals surface area contributed by atoms with Crippen molar-refractivity contribution in [1.82, 2.24) is 14.7 Å². The van der Waals surface area contributed by atoms with Crippen LogP contribution in [0.5, 0.6) is 28.7 Å². The van der Waals surface area contributed by atoms with E-state index in [1.807, 2.05) is 24.9 Å². The van der Waals surface area contributed by atoms with E-state index in [2.05, 4.69) is 6.07 Å². The number of ether oxygens (including phenoxy) is 1. The lowest BCUT2D eigenvalue weighted by Crippen LogP contribution is -2.62. The SMILES string of the molecule is COc1c(C)cc2c(c1O)[C@@H]1C3=Cc4c(O)c(C)c(O)c(O)c4[C@H](CN4C(=O)c5ccccc5C4=O)N3[C@@H](C#N)C(C2)N1C. The van der Waals surface area contributed by atoms with E-state index in [4.69, 9.17) is 4.74 Å². The van der Waals surface area contributed by atoms with Crippen LogP contribution in [-0.4, -0.2) is 79.7 Å². The fourth-order valence-corrected chi connectivity index (χ4v) is 7.62. The van der Waals surface area contributed by atoms with Crippen LogP contribution in [0.3, 0.4) is 0 Å². The zero-order chi connectivity index (χ0) is 31.4. The van der Waals surface area contributed by atoms with Gasteiger partial charge in [0.15, 0.2) is 23.0 Å². The van der Waals surface area contributed by atoms with Gasteiger partial charge < -0.3 is 30.1 Å². The Labute approximate surface area is 253 Å². The van der Waals surface area contributed by atoms with Crippen molar-refractivity contribution in [2.24, 2.45) is 0 Å². The molecule has 44 heavy (non-hydrogen) atoms. The summed E-state index contributed by atoms with van der Waals surface area (Å²) in [4.78, 5) is 31.9. The molecule has 224 valence electrons. The zero-order valence-electron chi connectivity index (χ0n) is 24.5. The van der Waals surface area contributed by atoms with E-state index >= 15 is 0 Å². The summed E-state index contributed by atoms with van der Waals surface area (Å²) in [6.45, 7) is 3.03. The van der Waals surface area contributed by atoms with Crippen LogP contribution in [0.1, 0.15) is 66.2 Å². The van der Waals surface area contributed by atoms with E-state index in [-0.39, 0.29) is 51.9 Å². The molecule has 4 aliphatic heterocycles. The van der Waals surface area contributed by atoms with Crippen LogP contribution >= 0.6 is 0 Å². The Hall–Kier alpha value is -5.21. The lowest BCUT2D eigenvalue weighted by atomic mass is 9.75. The monoisotopic (exact) mass is 594 g/mol. The number of aromatic hydroxyl groups is 4. The molecule has 0 saturated carbocycles. The van der Waals surface area contributed by atoms with Gasteiger partial charge in [-0.3, -0.25) is 19.4 Å². The lowest BCUT2D eigenvalue weighted by molar-refractivity contribution is 0.0111. The number of benzene rings is 3. The van der Waals surface area contributed by atoms with Gasteiger partial charge >= 0.3 is 0 Å². The summed E-state index contributed by atoms with van der Waals surface area (Å²) in [5, 5.41) is 55.7. The van der Waals surface area contributed by atoms with Crippen LogP contribution in [0.4, 0.5) is 0 Å². The van der Waals surface area contributed by atoms with Crippen molar-refractivity contribution in [1.29, 1.82) is 5.26 Å². The van der Waals surface area contributed by atoms with Gasteiger partial charge in [0.1, 0.15) is 11.8 Å². The highest BCUT2D eigenvalue weighted by Gasteiger charge is 2.54. The second-order valence-corrected chi connectivity index (χ2v) is 11.8. The molecule has 2 bridgehead atoms. The Kier molecular flexibility index (Phi) is 5.90. The molecule has 0 aliphatic carbocycles. The number of hydrogen-bond donors (Lipinski definition) is 4. The van der Waals surface area contributed by atoms with Crippen molar-refractivity contribution < 1.29 is 34.8 Å². The van der Waals surface area contributed by atoms with Gasteiger partial charge in [-0.1, -0.05) is 18.2 Å². The van der Waals surface area contributed by atoms with Crippen LogP contribution in [0.2, 0.25) is 0 Å². The first-order chi connectivity index (χ1) is 21.0. The minimum atomic E-state index is -1.02. The number of carbonyl (C=O) groups is 2. The third kappa shape index (κ3) is 3.40. The molecule has 4 heterocycles. The standard InChI is InChI=1S/C33H30N4O7/c1-14-9-16-10-20-22(12-34)37-21(26(35(20)3)24(16)30(41)31(14)44-4)11-19-25(29(40)28(39)15(2)27(19)38)23(37)13-36-32(42)17-7-5-6-8-18(17)33(36)43/h5-9,11,20,22-23,26,38-41H,10,13H2,1-4H3/t20?,22-,23-,26-/m0/s1. The number of phenols is 4. The molecule has 4 N–H and O–H groups in total. The van der Waals surface area contributed by atoms with Crippen LogP contribution in [0.15, 0.2) is 36.0 Å². The predicted octanol–water partition coefficient (Wildman–Crippen LogP) is 3.63. The maximum atomic E-state index is 13.5. The third-order valence-corrected chi connectivity index (χ3v) is 9.71. The molecule has 11 heteroatoms. The Morgan fingerprint density at radius 1 is 0.977 bits per heavy atom.